The van der Waals surface area contributed by atoms with Crippen molar-refractivity contribution < 1.29 is 4.74 Å². The first-order valence-corrected chi connectivity index (χ1v) is 9.51. The first-order valence-electron chi connectivity index (χ1n) is 9.14. The predicted octanol–water partition coefficient (Wildman–Crippen LogP) is 2.58. The Labute approximate surface area is 165 Å². The molecule has 4 aromatic rings. The highest BCUT2D eigenvalue weighted by atomic mass is 35.5. The number of benzene rings is 1. The zero-order valence-electron chi connectivity index (χ0n) is 15.6. The van der Waals surface area contributed by atoms with Gasteiger partial charge in [-0.15, -0.1) is 5.10 Å². The molecule has 0 spiro atoms. The van der Waals surface area contributed by atoms with E-state index in [0.29, 0.717) is 35.0 Å². The number of imidazole rings is 1. The maximum absolute atomic E-state index is 13.5. The van der Waals surface area contributed by atoms with E-state index in [1.54, 1.807) is 39.3 Å². The maximum atomic E-state index is 13.5. The molecule has 9 heteroatoms. The highest BCUT2D eigenvalue weighted by Crippen LogP contribution is 2.47. The minimum Gasteiger partial charge on any atom is -0.383 e. The third-order valence-electron chi connectivity index (χ3n) is 5.58. The van der Waals surface area contributed by atoms with Gasteiger partial charge in [0.05, 0.1) is 34.6 Å². The van der Waals surface area contributed by atoms with E-state index in [1.165, 1.54) is 0 Å². The monoisotopic (exact) mass is 398 g/mol. The fraction of sp³-hybridized carbons (Fsp3) is 0.368. The molecule has 0 atom stereocenters. The van der Waals surface area contributed by atoms with Gasteiger partial charge in [0.15, 0.2) is 11.3 Å². The van der Waals surface area contributed by atoms with Crippen molar-refractivity contribution >= 4 is 28.2 Å². The van der Waals surface area contributed by atoms with Gasteiger partial charge < -0.3 is 9.30 Å². The summed E-state index contributed by atoms with van der Waals surface area (Å²) in [5, 5.41) is 8.83. The minimum absolute atomic E-state index is 0.0364. The standard InChI is InChI=1S/C19H19ClN6O2/c1-19(6-7-19)14-10-22-23-26(14)17-16-18(27)24(8-9-28-2)15-12(20)4-3-5-13(15)25(16)11-21-17/h3-5,10-11H,6-9H2,1-2H3. The van der Waals surface area contributed by atoms with Gasteiger partial charge in [-0.05, 0) is 25.0 Å². The van der Waals surface area contributed by atoms with Crippen molar-refractivity contribution in [2.24, 2.45) is 0 Å². The zero-order valence-corrected chi connectivity index (χ0v) is 16.3. The number of rotatable bonds is 5. The molecule has 5 rings (SSSR count). The SMILES string of the molecule is COCCn1c(=O)c2c(-n3nncc3C3(C)CC3)ncn2c2cccc(Cl)c21. The summed E-state index contributed by atoms with van der Waals surface area (Å²) in [4.78, 5) is 18.0. The lowest BCUT2D eigenvalue weighted by molar-refractivity contribution is 0.187. The molecule has 0 saturated heterocycles. The van der Waals surface area contributed by atoms with E-state index < -0.39 is 0 Å². The first-order chi connectivity index (χ1) is 13.5. The molecule has 0 N–H and O–H groups in total. The van der Waals surface area contributed by atoms with Crippen LogP contribution in [0.3, 0.4) is 0 Å². The molecule has 0 radical (unpaired) electrons. The van der Waals surface area contributed by atoms with Crippen LogP contribution in [0.4, 0.5) is 0 Å². The molecule has 0 amide bonds. The lowest BCUT2D eigenvalue weighted by Crippen LogP contribution is -2.26. The fourth-order valence-corrected chi connectivity index (χ4v) is 3.98. The first kappa shape index (κ1) is 17.4. The van der Waals surface area contributed by atoms with E-state index in [1.807, 2.05) is 12.1 Å². The van der Waals surface area contributed by atoms with Crippen LogP contribution in [-0.2, 0) is 16.7 Å². The third-order valence-corrected chi connectivity index (χ3v) is 5.88. The maximum Gasteiger partial charge on any atom is 0.279 e. The van der Waals surface area contributed by atoms with E-state index in [0.717, 1.165) is 24.1 Å². The molecule has 28 heavy (non-hydrogen) atoms. The lowest BCUT2D eigenvalue weighted by atomic mass is 10.1. The van der Waals surface area contributed by atoms with E-state index in [4.69, 9.17) is 16.3 Å². The Kier molecular flexibility index (Phi) is 3.82. The normalized spacial score (nSPS) is 15.5. The Morgan fingerprint density at radius 1 is 1.29 bits per heavy atom. The molecule has 1 saturated carbocycles. The number of hydrogen-bond donors (Lipinski definition) is 0. The summed E-state index contributed by atoms with van der Waals surface area (Å²) in [5.74, 6) is 0.485. The number of methoxy groups -OCH3 is 1. The van der Waals surface area contributed by atoms with Crippen molar-refractivity contribution in [3.63, 3.8) is 0 Å². The lowest BCUT2D eigenvalue weighted by Gasteiger charge is -2.14. The van der Waals surface area contributed by atoms with Gasteiger partial charge in [-0.2, -0.15) is 4.68 Å². The Bertz CT molecular complexity index is 1270. The molecule has 0 unspecified atom stereocenters. The molecule has 0 bridgehead atoms. The largest absolute Gasteiger partial charge is 0.383 e. The van der Waals surface area contributed by atoms with Gasteiger partial charge in [0.25, 0.3) is 5.56 Å². The van der Waals surface area contributed by atoms with Gasteiger partial charge in [-0.25, -0.2) is 4.98 Å². The molecular formula is C19H19ClN6O2. The predicted molar refractivity (Wildman–Crippen MR) is 105 cm³/mol. The van der Waals surface area contributed by atoms with E-state index in [2.05, 4.69) is 22.2 Å². The van der Waals surface area contributed by atoms with Crippen molar-refractivity contribution in [2.45, 2.75) is 31.7 Å². The summed E-state index contributed by atoms with van der Waals surface area (Å²) >= 11 is 6.45. The minimum atomic E-state index is -0.187. The zero-order chi connectivity index (χ0) is 19.5. The highest BCUT2D eigenvalue weighted by Gasteiger charge is 2.43. The molecule has 1 aromatic carbocycles. The third kappa shape index (κ3) is 2.41. The van der Waals surface area contributed by atoms with Gasteiger partial charge in [0, 0.05) is 19.1 Å². The van der Waals surface area contributed by atoms with E-state index in [9.17, 15) is 4.79 Å². The summed E-state index contributed by atoms with van der Waals surface area (Å²) in [6.07, 6.45) is 5.55. The van der Waals surface area contributed by atoms with Crippen LogP contribution in [0, 0.1) is 0 Å². The van der Waals surface area contributed by atoms with Gasteiger partial charge in [-0.1, -0.05) is 29.8 Å². The number of aromatic nitrogens is 6. The van der Waals surface area contributed by atoms with E-state index >= 15 is 0 Å². The number of para-hydroxylation sites is 1. The molecule has 1 aliphatic carbocycles. The number of ether oxygens (including phenoxy) is 1. The van der Waals surface area contributed by atoms with Crippen molar-refractivity contribution in [3.05, 3.63) is 51.8 Å². The van der Waals surface area contributed by atoms with Crippen LogP contribution < -0.4 is 5.56 Å². The van der Waals surface area contributed by atoms with Crippen LogP contribution >= 0.6 is 11.6 Å². The molecule has 0 aliphatic heterocycles. The average Bonchev–Trinajstić information content (AvgIpc) is 3.11. The van der Waals surface area contributed by atoms with Crippen LogP contribution in [0.15, 0.2) is 35.5 Å². The van der Waals surface area contributed by atoms with Crippen molar-refractivity contribution in [1.29, 1.82) is 0 Å². The molecule has 3 heterocycles. The second-order valence-corrected chi connectivity index (χ2v) is 7.84. The smallest absolute Gasteiger partial charge is 0.279 e. The van der Waals surface area contributed by atoms with Gasteiger partial charge >= 0.3 is 0 Å². The number of halogens is 1. The molecule has 1 aliphatic rings. The quantitative estimate of drug-likeness (QED) is 0.516. The van der Waals surface area contributed by atoms with Gasteiger partial charge in [0.1, 0.15) is 6.33 Å². The van der Waals surface area contributed by atoms with E-state index in [-0.39, 0.29) is 11.0 Å². The highest BCUT2D eigenvalue weighted by molar-refractivity contribution is 6.35. The molecule has 8 nitrogen and oxygen atoms in total. The Hall–Kier alpha value is -2.71. The van der Waals surface area contributed by atoms with Crippen LogP contribution in [0.2, 0.25) is 5.02 Å². The van der Waals surface area contributed by atoms with Crippen molar-refractivity contribution in [1.82, 2.24) is 28.9 Å². The van der Waals surface area contributed by atoms with Crippen LogP contribution in [0.5, 0.6) is 0 Å². The summed E-state index contributed by atoms with van der Waals surface area (Å²) in [6, 6.07) is 5.56. The Morgan fingerprint density at radius 3 is 2.86 bits per heavy atom. The average molecular weight is 399 g/mol. The van der Waals surface area contributed by atoms with Crippen LogP contribution in [0.25, 0.3) is 22.4 Å². The topological polar surface area (TPSA) is 79.2 Å². The van der Waals surface area contributed by atoms with Crippen molar-refractivity contribution in [3.8, 4) is 5.82 Å². The molecule has 3 aromatic heterocycles. The molecule has 144 valence electrons. The molecule has 1 fully saturated rings. The van der Waals surface area contributed by atoms with Gasteiger partial charge in [-0.3, -0.25) is 9.20 Å². The number of nitrogens with zero attached hydrogens (tertiary/aromatic N) is 6. The Balaban J connectivity index is 1.85. The summed E-state index contributed by atoms with van der Waals surface area (Å²) in [6.45, 7) is 2.96. The number of hydrogen-bond acceptors (Lipinski definition) is 5. The fourth-order valence-electron chi connectivity index (χ4n) is 3.71. The Morgan fingerprint density at radius 2 is 2.11 bits per heavy atom. The summed E-state index contributed by atoms with van der Waals surface area (Å²) < 4.78 is 10.3. The van der Waals surface area contributed by atoms with Crippen LogP contribution in [-0.4, -0.2) is 42.7 Å². The van der Waals surface area contributed by atoms with Crippen molar-refractivity contribution in [2.75, 3.05) is 13.7 Å². The summed E-state index contributed by atoms with van der Waals surface area (Å²) in [7, 11) is 1.61. The van der Waals surface area contributed by atoms with Gasteiger partial charge in [0.2, 0.25) is 0 Å². The van der Waals surface area contributed by atoms with Crippen LogP contribution in [0.1, 0.15) is 25.5 Å². The second kappa shape index (κ2) is 6.15. The second-order valence-electron chi connectivity index (χ2n) is 7.44. The number of fused-ring (bicyclic) bond motifs is 3. The summed E-state index contributed by atoms with van der Waals surface area (Å²) in [5.41, 5.74) is 2.73. The molecular weight excluding hydrogens is 380 g/mol.